The number of hydrogen-bond acceptors (Lipinski definition) is 3. The Balaban J connectivity index is 1.65. The van der Waals surface area contributed by atoms with Crippen LogP contribution in [0.25, 0.3) is 32.3 Å². The van der Waals surface area contributed by atoms with Crippen molar-refractivity contribution < 1.29 is 9.84 Å². The summed E-state index contributed by atoms with van der Waals surface area (Å²) in [4.78, 5) is 2.42. The standard InChI is InChI=1S/C24H23NO2/c26-21-9-8-18-19-7-6-16-3-1-2-15-4-5-17(23(19)22(15)16)14-20(18)24(21)25-10-12-27-13-11-25/h1-7,14,21,24,26H,8-13H2/t21-,24-/m1/s1. The number of morpholine rings is 1. The van der Waals surface area contributed by atoms with Crippen molar-refractivity contribution in [2.24, 2.45) is 0 Å². The molecule has 1 aliphatic carbocycles. The predicted molar refractivity (Wildman–Crippen MR) is 110 cm³/mol. The fourth-order valence-corrected chi connectivity index (χ4v) is 5.39. The molecule has 0 saturated carbocycles. The quantitative estimate of drug-likeness (QED) is 0.517. The molecule has 4 aromatic rings. The summed E-state index contributed by atoms with van der Waals surface area (Å²) >= 11 is 0. The van der Waals surface area contributed by atoms with Crippen LogP contribution in [0, 0.1) is 0 Å². The van der Waals surface area contributed by atoms with E-state index in [0.717, 1.165) is 39.1 Å². The third-order valence-corrected chi connectivity index (χ3v) is 6.61. The van der Waals surface area contributed by atoms with Crippen LogP contribution in [0.3, 0.4) is 0 Å². The Morgan fingerprint density at radius 2 is 1.63 bits per heavy atom. The second-order valence-electron chi connectivity index (χ2n) is 8.00. The van der Waals surface area contributed by atoms with Crippen molar-refractivity contribution in [2.75, 3.05) is 26.3 Å². The molecule has 0 radical (unpaired) electrons. The number of aliphatic hydroxyl groups is 1. The van der Waals surface area contributed by atoms with Gasteiger partial charge in [0.25, 0.3) is 0 Å². The highest BCUT2D eigenvalue weighted by Gasteiger charge is 2.35. The number of hydrogen-bond donors (Lipinski definition) is 1. The van der Waals surface area contributed by atoms with Crippen LogP contribution in [-0.2, 0) is 11.2 Å². The maximum absolute atomic E-state index is 10.9. The maximum Gasteiger partial charge on any atom is 0.0740 e. The smallest absolute Gasteiger partial charge is 0.0740 e. The monoisotopic (exact) mass is 357 g/mol. The lowest BCUT2D eigenvalue weighted by Gasteiger charge is -2.41. The third kappa shape index (κ3) is 2.26. The minimum atomic E-state index is -0.302. The molecular formula is C24H23NO2. The molecule has 0 spiro atoms. The molecule has 1 N–H and O–H groups in total. The van der Waals surface area contributed by atoms with Gasteiger partial charge in [-0.2, -0.15) is 0 Å². The van der Waals surface area contributed by atoms with E-state index in [2.05, 4.69) is 53.4 Å². The summed E-state index contributed by atoms with van der Waals surface area (Å²) in [5.74, 6) is 0. The average Bonchev–Trinajstić information content (AvgIpc) is 2.72. The van der Waals surface area contributed by atoms with Gasteiger partial charge in [-0.25, -0.2) is 0 Å². The molecule has 0 amide bonds. The maximum atomic E-state index is 10.9. The molecule has 6 rings (SSSR count). The van der Waals surface area contributed by atoms with Gasteiger partial charge in [0, 0.05) is 13.1 Å². The van der Waals surface area contributed by atoms with Gasteiger partial charge in [0.1, 0.15) is 0 Å². The van der Waals surface area contributed by atoms with Gasteiger partial charge in [0.05, 0.1) is 25.4 Å². The number of aliphatic hydroxyl groups excluding tert-OH is 1. The minimum Gasteiger partial charge on any atom is -0.391 e. The highest BCUT2D eigenvalue weighted by Crippen LogP contribution is 2.43. The van der Waals surface area contributed by atoms with Crippen molar-refractivity contribution in [1.82, 2.24) is 4.90 Å². The van der Waals surface area contributed by atoms with Crippen LogP contribution >= 0.6 is 0 Å². The lowest BCUT2D eigenvalue weighted by Crippen LogP contribution is -2.45. The molecule has 2 aliphatic rings. The first-order valence-corrected chi connectivity index (χ1v) is 10.0. The van der Waals surface area contributed by atoms with Gasteiger partial charge in [0.15, 0.2) is 0 Å². The van der Waals surface area contributed by atoms with Crippen LogP contribution in [0.5, 0.6) is 0 Å². The predicted octanol–water partition coefficient (Wildman–Crippen LogP) is 4.26. The van der Waals surface area contributed by atoms with Crippen LogP contribution in [0.15, 0.2) is 48.5 Å². The highest BCUT2D eigenvalue weighted by atomic mass is 16.5. The van der Waals surface area contributed by atoms with Crippen LogP contribution in [0.1, 0.15) is 23.6 Å². The molecule has 1 aliphatic heterocycles. The van der Waals surface area contributed by atoms with Gasteiger partial charge >= 0.3 is 0 Å². The van der Waals surface area contributed by atoms with E-state index >= 15 is 0 Å². The van der Waals surface area contributed by atoms with Gasteiger partial charge < -0.3 is 9.84 Å². The molecule has 0 unspecified atom stereocenters. The van der Waals surface area contributed by atoms with E-state index in [9.17, 15) is 5.11 Å². The first-order valence-electron chi connectivity index (χ1n) is 10.0. The molecule has 3 nitrogen and oxygen atoms in total. The molecule has 4 aromatic carbocycles. The zero-order valence-corrected chi connectivity index (χ0v) is 15.3. The zero-order valence-electron chi connectivity index (χ0n) is 15.3. The zero-order chi connectivity index (χ0) is 18.0. The third-order valence-electron chi connectivity index (χ3n) is 6.61. The second kappa shape index (κ2) is 5.90. The highest BCUT2D eigenvalue weighted by molar-refractivity contribution is 6.23. The van der Waals surface area contributed by atoms with Crippen molar-refractivity contribution in [3.8, 4) is 0 Å². The largest absolute Gasteiger partial charge is 0.391 e. The lowest BCUT2D eigenvalue weighted by atomic mass is 9.79. The molecule has 2 atom stereocenters. The van der Waals surface area contributed by atoms with Gasteiger partial charge in [0.2, 0.25) is 0 Å². The number of nitrogens with zero attached hydrogens (tertiary/aromatic N) is 1. The first-order chi connectivity index (χ1) is 13.3. The van der Waals surface area contributed by atoms with E-state index in [-0.39, 0.29) is 12.1 Å². The average molecular weight is 357 g/mol. The van der Waals surface area contributed by atoms with Crippen LogP contribution < -0.4 is 0 Å². The molecule has 136 valence electrons. The van der Waals surface area contributed by atoms with Crippen LogP contribution in [-0.4, -0.2) is 42.4 Å². The Hall–Kier alpha value is -2.20. The Kier molecular flexibility index (Phi) is 3.46. The number of ether oxygens (including phenoxy) is 1. The molecule has 3 heteroatoms. The Morgan fingerprint density at radius 1 is 0.889 bits per heavy atom. The molecule has 0 bridgehead atoms. The SMILES string of the molecule is O[C@@H]1CCc2c(cc3ccc4cccc5ccc2c3c45)[C@H]1N1CCOCC1. The second-order valence-corrected chi connectivity index (χ2v) is 8.00. The molecule has 0 aromatic heterocycles. The number of benzene rings is 4. The van der Waals surface area contributed by atoms with E-state index in [1.165, 1.54) is 43.4 Å². The van der Waals surface area contributed by atoms with Crippen LogP contribution in [0.4, 0.5) is 0 Å². The molecule has 27 heavy (non-hydrogen) atoms. The fourth-order valence-electron chi connectivity index (χ4n) is 5.39. The Bertz CT molecular complexity index is 1130. The Labute approximate surface area is 158 Å². The van der Waals surface area contributed by atoms with Crippen molar-refractivity contribution in [2.45, 2.75) is 25.0 Å². The summed E-state index contributed by atoms with van der Waals surface area (Å²) in [6.45, 7) is 3.30. The topological polar surface area (TPSA) is 32.7 Å². The van der Waals surface area contributed by atoms with Crippen molar-refractivity contribution in [3.63, 3.8) is 0 Å². The van der Waals surface area contributed by atoms with Gasteiger partial charge in [-0.1, -0.05) is 42.5 Å². The normalized spacial score (nSPS) is 24.0. The first kappa shape index (κ1) is 15.8. The molecule has 1 saturated heterocycles. The summed E-state index contributed by atoms with van der Waals surface area (Å²) in [6, 6.07) is 18.0. The van der Waals surface area contributed by atoms with Crippen molar-refractivity contribution in [1.29, 1.82) is 0 Å². The van der Waals surface area contributed by atoms with E-state index in [0.29, 0.717) is 0 Å². The number of rotatable bonds is 1. The number of fused-ring (bicyclic) bond motifs is 2. The van der Waals surface area contributed by atoms with Gasteiger partial charge in [-0.05, 0) is 62.4 Å². The molecule has 1 fully saturated rings. The van der Waals surface area contributed by atoms with E-state index < -0.39 is 0 Å². The molecule has 1 heterocycles. The van der Waals surface area contributed by atoms with Crippen molar-refractivity contribution in [3.05, 3.63) is 59.7 Å². The lowest BCUT2D eigenvalue weighted by molar-refractivity contribution is -0.0282. The summed E-state index contributed by atoms with van der Waals surface area (Å²) in [6.07, 6.45) is 1.48. The van der Waals surface area contributed by atoms with Crippen LogP contribution in [0.2, 0.25) is 0 Å². The van der Waals surface area contributed by atoms with Gasteiger partial charge in [-0.15, -0.1) is 0 Å². The molecular weight excluding hydrogens is 334 g/mol. The van der Waals surface area contributed by atoms with Crippen molar-refractivity contribution >= 4 is 32.3 Å². The van der Waals surface area contributed by atoms with E-state index in [1.807, 2.05) is 0 Å². The summed E-state index contributed by atoms with van der Waals surface area (Å²) in [5.41, 5.74) is 2.75. The summed E-state index contributed by atoms with van der Waals surface area (Å²) in [7, 11) is 0. The Morgan fingerprint density at radius 3 is 2.44 bits per heavy atom. The van der Waals surface area contributed by atoms with Gasteiger partial charge in [-0.3, -0.25) is 4.90 Å². The van der Waals surface area contributed by atoms with E-state index in [4.69, 9.17) is 4.74 Å². The van der Waals surface area contributed by atoms with E-state index in [1.54, 1.807) is 0 Å². The number of aryl methyl sites for hydroxylation is 1. The minimum absolute atomic E-state index is 0.0829. The summed E-state index contributed by atoms with van der Waals surface area (Å²) < 4.78 is 5.55. The summed E-state index contributed by atoms with van der Waals surface area (Å²) in [5, 5.41) is 18.9. The fraction of sp³-hybridized carbons (Fsp3) is 0.333.